The van der Waals surface area contributed by atoms with Crippen molar-refractivity contribution in [1.29, 1.82) is 0 Å². The number of methoxy groups -OCH3 is 1. The van der Waals surface area contributed by atoms with Crippen molar-refractivity contribution >= 4 is 12.1 Å². The summed E-state index contributed by atoms with van der Waals surface area (Å²) < 4.78 is 37.6. The van der Waals surface area contributed by atoms with Gasteiger partial charge in [0.2, 0.25) is 0 Å². The molecule has 1 N–H and O–H groups in total. The fraction of sp³-hybridized carbons (Fsp3) is 0.0909. The van der Waals surface area contributed by atoms with Gasteiger partial charge in [-0.25, -0.2) is 14.2 Å². The minimum atomic E-state index is -0.648. The van der Waals surface area contributed by atoms with E-state index in [0.717, 1.165) is 5.56 Å². The van der Waals surface area contributed by atoms with Gasteiger partial charge in [0.1, 0.15) is 18.2 Å². The minimum absolute atomic E-state index is 0.0910. The molecule has 0 heterocycles. The lowest BCUT2D eigenvalue weighted by Crippen LogP contribution is -2.18. The third kappa shape index (κ3) is 5.38. The predicted molar refractivity (Wildman–Crippen MR) is 105 cm³/mol. The SMILES string of the molecule is COc1cc(/C=N/NC(=O)c2ccccc2F)ccc1OCc1ccc(F)cc1. The maximum atomic E-state index is 13.6. The Hall–Kier alpha value is -3.74. The number of nitrogens with zero attached hydrogens (tertiary/aromatic N) is 1. The lowest BCUT2D eigenvalue weighted by atomic mass is 10.2. The van der Waals surface area contributed by atoms with E-state index in [2.05, 4.69) is 10.5 Å². The van der Waals surface area contributed by atoms with Gasteiger partial charge >= 0.3 is 0 Å². The molecule has 7 heteroatoms. The molecule has 0 unspecified atom stereocenters. The number of amides is 1. The van der Waals surface area contributed by atoms with Crippen LogP contribution in [0, 0.1) is 11.6 Å². The molecular formula is C22H18F2N2O3. The highest BCUT2D eigenvalue weighted by Crippen LogP contribution is 2.28. The number of halogens is 2. The fourth-order valence-corrected chi connectivity index (χ4v) is 2.50. The first-order valence-electron chi connectivity index (χ1n) is 8.70. The van der Waals surface area contributed by atoms with E-state index >= 15 is 0 Å². The third-order valence-electron chi connectivity index (χ3n) is 3.99. The van der Waals surface area contributed by atoms with Crippen molar-refractivity contribution in [1.82, 2.24) is 5.43 Å². The second-order valence-corrected chi connectivity index (χ2v) is 6.00. The van der Waals surface area contributed by atoms with E-state index in [0.29, 0.717) is 17.1 Å². The summed E-state index contributed by atoms with van der Waals surface area (Å²) in [6.45, 7) is 0.253. The third-order valence-corrected chi connectivity index (χ3v) is 3.99. The fourth-order valence-electron chi connectivity index (χ4n) is 2.50. The molecule has 148 valence electrons. The summed E-state index contributed by atoms with van der Waals surface area (Å²) >= 11 is 0. The molecule has 3 rings (SSSR count). The number of nitrogens with one attached hydrogen (secondary N) is 1. The lowest BCUT2D eigenvalue weighted by molar-refractivity contribution is 0.0951. The molecule has 0 aliphatic carbocycles. The number of benzene rings is 3. The molecule has 0 aromatic heterocycles. The van der Waals surface area contributed by atoms with Crippen LogP contribution in [0.25, 0.3) is 0 Å². The Morgan fingerprint density at radius 1 is 1.03 bits per heavy atom. The molecule has 0 aliphatic rings. The summed E-state index contributed by atoms with van der Waals surface area (Å²) in [5, 5.41) is 3.84. The quantitative estimate of drug-likeness (QED) is 0.478. The average molecular weight is 396 g/mol. The first-order valence-corrected chi connectivity index (χ1v) is 8.70. The Balaban J connectivity index is 1.63. The molecule has 0 saturated carbocycles. The zero-order valence-corrected chi connectivity index (χ0v) is 15.6. The van der Waals surface area contributed by atoms with E-state index in [1.165, 1.54) is 43.7 Å². The largest absolute Gasteiger partial charge is 0.493 e. The van der Waals surface area contributed by atoms with Crippen LogP contribution in [0.15, 0.2) is 71.8 Å². The van der Waals surface area contributed by atoms with Gasteiger partial charge in [0, 0.05) is 0 Å². The summed E-state index contributed by atoms with van der Waals surface area (Å²) in [5.74, 6) is -0.604. The minimum Gasteiger partial charge on any atom is -0.493 e. The zero-order valence-electron chi connectivity index (χ0n) is 15.6. The Labute approximate surface area is 166 Å². The van der Waals surface area contributed by atoms with Crippen LogP contribution in [-0.2, 0) is 6.61 Å². The molecular weight excluding hydrogens is 378 g/mol. The monoisotopic (exact) mass is 396 g/mol. The van der Waals surface area contributed by atoms with Gasteiger partial charge in [-0.05, 0) is 53.6 Å². The van der Waals surface area contributed by atoms with E-state index < -0.39 is 11.7 Å². The first-order chi connectivity index (χ1) is 14.1. The van der Waals surface area contributed by atoms with Crippen molar-refractivity contribution in [3.8, 4) is 11.5 Å². The van der Waals surface area contributed by atoms with Crippen LogP contribution in [0.3, 0.4) is 0 Å². The zero-order chi connectivity index (χ0) is 20.6. The molecule has 0 fully saturated rings. The number of carbonyl (C=O) groups is 1. The van der Waals surface area contributed by atoms with Crippen molar-refractivity contribution in [2.45, 2.75) is 6.61 Å². The van der Waals surface area contributed by atoms with Crippen LogP contribution in [-0.4, -0.2) is 19.2 Å². The van der Waals surface area contributed by atoms with Crippen LogP contribution < -0.4 is 14.9 Å². The summed E-state index contributed by atoms with van der Waals surface area (Å²) in [7, 11) is 1.50. The highest BCUT2D eigenvalue weighted by atomic mass is 19.1. The van der Waals surface area contributed by atoms with Gasteiger partial charge in [-0.15, -0.1) is 0 Å². The molecule has 5 nitrogen and oxygen atoms in total. The molecule has 3 aromatic carbocycles. The normalized spacial score (nSPS) is 10.7. The topological polar surface area (TPSA) is 59.9 Å². The number of rotatable bonds is 7. The van der Waals surface area contributed by atoms with Gasteiger partial charge in [0.15, 0.2) is 11.5 Å². The van der Waals surface area contributed by atoms with Gasteiger partial charge in [-0.2, -0.15) is 5.10 Å². The van der Waals surface area contributed by atoms with E-state index in [1.807, 2.05) is 0 Å². The number of hydrogen-bond donors (Lipinski definition) is 1. The summed E-state index contributed by atoms with van der Waals surface area (Å²) in [4.78, 5) is 11.9. The Morgan fingerprint density at radius 3 is 2.52 bits per heavy atom. The van der Waals surface area contributed by atoms with Crippen molar-refractivity contribution in [2.24, 2.45) is 5.10 Å². The molecule has 29 heavy (non-hydrogen) atoms. The second kappa shape index (κ2) is 9.45. The van der Waals surface area contributed by atoms with Crippen molar-refractivity contribution in [2.75, 3.05) is 7.11 Å². The molecule has 1 amide bonds. The second-order valence-electron chi connectivity index (χ2n) is 6.00. The predicted octanol–water partition coefficient (Wildman–Crippen LogP) is 4.32. The van der Waals surface area contributed by atoms with Crippen molar-refractivity contribution in [3.05, 3.63) is 95.1 Å². The van der Waals surface area contributed by atoms with Crippen molar-refractivity contribution < 1.29 is 23.0 Å². The van der Waals surface area contributed by atoms with Gasteiger partial charge < -0.3 is 9.47 Å². The van der Waals surface area contributed by atoms with Crippen LogP contribution in [0.1, 0.15) is 21.5 Å². The number of hydrogen-bond acceptors (Lipinski definition) is 4. The van der Waals surface area contributed by atoms with Crippen molar-refractivity contribution in [3.63, 3.8) is 0 Å². The van der Waals surface area contributed by atoms with Crippen LogP contribution in [0.4, 0.5) is 8.78 Å². The molecule has 0 atom stereocenters. The van der Waals surface area contributed by atoms with Gasteiger partial charge in [-0.1, -0.05) is 24.3 Å². The standard InChI is InChI=1S/C22H18F2N2O3/c1-28-21-12-16(13-25-26-22(27)18-4-2-3-5-19(18)24)8-11-20(21)29-14-15-6-9-17(23)10-7-15/h2-13H,14H2,1H3,(H,26,27)/b25-13+. The maximum Gasteiger partial charge on any atom is 0.274 e. The molecule has 0 aliphatic heterocycles. The first kappa shape index (κ1) is 20.0. The van der Waals surface area contributed by atoms with Gasteiger partial charge in [-0.3, -0.25) is 4.79 Å². The molecule has 3 aromatic rings. The number of carbonyl (C=O) groups excluding carboxylic acids is 1. The maximum absolute atomic E-state index is 13.6. The van der Waals surface area contributed by atoms with Gasteiger partial charge in [0.05, 0.1) is 18.9 Å². The van der Waals surface area contributed by atoms with Crippen LogP contribution >= 0.6 is 0 Å². The molecule has 0 radical (unpaired) electrons. The van der Waals surface area contributed by atoms with Crippen LogP contribution in [0.5, 0.6) is 11.5 Å². The number of hydrazone groups is 1. The van der Waals surface area contributed by atoms with E-state index in [1.54, 1.807) is 36.4 Å². The average Bonchev–Trinajstić information content (AvgIpc) is 2.74. The smallest absolute Gasteiger partial charge is 0.274 e. The molecule has 0 saturated heterocycles. The van der Waals surface area contributed by atoms with Gasteiger partial charge in [0.25, 0.3) is 5.91 Å². The summed E-state index contributed by atoms with van der Waals surface area (Å²) in [6, 6.07) is 16.8. The summed E-state index contributed by atoms with van der Waals surface area (Å²) in [6.07, 6.45) is 1.41. The Morgan fingerprint density at radius 2 is 1.79 bits per heavy atom. The number of ether oxygens (including phenoxy) is 2. The molecule has 0 spiro atoms. The van der Waals surface area contributed by atoms with E-state index in [4.69, 9.17) is 9.47 Å². The summed E-state index contributed by atoms with van der Waals surface area (Å²) in [5.41, 5.74) is 3.65. The Bertz CT molecular complexity index is 1020. The van der Waals surface area contributed by atoms with E-state index in [9.17, 15) is 13.6 Å². The van der Waals surface area contributed by atoms with E-state index in [-0.39, 0.29) is 18.0 Å². The molecule has 0 bridgehead atoms. The van der Waals surface area contributed by atoms with Crippen LogP contribution in [0.2, 0.25) is 0 Å². The Kier molecular flexibility index (Phi) is 6.52. The highest BCUT2D eigenvalue weighted by molar-refractivity contribution is 5.95. The highest BCUT2D eigenvalue weighted by Gasteiger charge is 2.09. The lowest BCUT2D eigenvalue weighted by Gasteiger charge is -2.11.